The number of nitrogens with zero attached hydrogens (tertiary/aromatic N) is 3. The van der Waals surface area contributed by atoms with Gasteiger partial charge in [-0.15, -0.1) is 46.4 Å². The van der Waals surface area contributed by atoms with Crippen molar-refractivity contribution in [3.05, 3.63) is 60.2 Å². The van der Waals surface area contributed by atoms with E-state index >= 15 is 0 Å². The van der Waals surface area contributed by atoms with Gasteiger partial charge in [0.2, 0.25) is 0 Å². The second-order valence-electron chi connectivity index (χ2n) is 18.1. The molecule has 0 spiro atoms. The molecule has 0 radical (unpaired) electrons. The molecule has 0 fully saturated rings. The van der Waals surface area contributed by atoms with Crippen molar-refractivity contribution >= 4 is 46.4 Å². The number of hydrogen-bond acceptors (Lipinski definition) is 2. The fourth-order valence-electron chi connectivity index (χ4n) is 7.46. The molecule has 3 nitrogen and oxygen atoms in total. The highest BCUT2D eigenvalue weighted by molar-refractivity contribution is 8.93. The summed E-state index contributed by atoms with van der Waals surface area (Å²) in [6.07, 6.45) is 54.5. The first-order valence-electron chi connectivity index (χ1n) is 25.0. The highest BCUT2D eigenvalue weighted by Gasteiger charge is 2.05. The molecule has 0 aromatic carbocycles. The Morgan fingerprint density at radius 1 is 0.339 bits per heavy atom. The smallest absolute Gasteiger partial charge is 0.0780 e. The number of quaternary nitrogens is 1. The van der Waals surface area contributed by atoms with E-state index in [1.54, 1.807) is 0 Å². The molecular formula is C53H103Br2ClN3+. The molecule has 0 unspecified atom stereocenters. The maximum Gasteiger partial charge on any atom is 0.0780 e. The van der Waals surface area contributed by atoms with Gasteiger partial charge in [-0.1, -0.05) is 226 Å². The van der Waals surface area contributed by atoms with Crippen molar-refractivity contribution < 1.29 is 4.48 Å². The van der Waals surface area contributed by atoms with Crippen molar-refractivity contribution in [2.75, 3.05) is 27.7 Å². The lowest BCUT2D eigenvalue weighted by atomic mass is 10.0. The Hall–Kier alpha value is -0.490. The average molecular weight is 978 g/mol. The van der Waals surface area contributed by atoms with Gasteiger partial charge in [0, 0.05) is 23.8 Å². The summed E-state index contributed by atoms with van der Waals surface area (Å²) in [6, 6.07) is 12.4. The Morgan fingerprint density at radius 3 is 0.797 bits per heavy atom. The number of hydrogen-bond donors (Lipinski definition) is 0. The summed E-state index contributed by atoms with van der Waals surface area (Å²) in [6.45, 7) is 8.18. The third-order valence-electron chi connectivity index (χ3n) is 11.2. The molecule has 0 aliphatic rings. The standard InChI is InChI=1S/C19H42N.2C17H29N.2BrH.ClH/c1-5-6-7-8-9-10-11-12-13-14-15-16-17-18-19-20(2,3)4;2*1-2-3-4-5-6-7-8-9-10-11-14-17-15-12-13-16-18-17;;;/h5-19H2,1-4H3;2*12-13,15-16H,2-11,14H2,1H3;3*1H/q+1;;;;;. The predicted octanol–water partition coefficient (Wildman–Crippen LogP) is 18.8. The molecular weight excluding hydrogens is 874 g/mol. The second kappa shape index (κ2) is 53.6. The predicted molar refractivity (Wildman–Crippen MR) is 281 cm³/mol. The molecule has 0 amide bonds. The molecule has 0 bridgehead atoms. The molecule has 0 saturated heterocycles. The molecule has 0 aliphatic heterocycles. The van der Waals surface area contributed by atoms with E-state index in [0.29, 0.717) is 0 Å². The number of unbranched alkanes of at least 4 members (excludes halogenated alkanes) is 31. The number of aryl methyl sites for hydroxylation is 2. The number of aromatic nitrogens is 2. The lowest BCUT2D eigenvalue weighted by Gasteiger charge is -2.23. The van der Waals surface area contributed by atoms with E-state index in [0.717, 1.165) is 17.3 Å². The van der Waals surface area contributed by atoms with Crippen molar-refractivity contribution in [1.82, 2.24) is 9.97 Å². The van der Waals surface area contributed by atoms with Crippen LogP contribution in [-0.4, -0.2) is 42.1 Å². The lowest BCUT2D eigenvalue weighted by Crippen LogP contribution is -2.35. The van der Waals surface area contributed by atoms with E-state index < -0.39 is 0 Å². The zero-order chi connectivity index (χ0) is 40.9. The van der Waals surface area contributed by atoms with E-state index in [4.69, 9.17) is 0 Å². The summed E-state index contributed by atoms with van der Waals surface area (Å²) < 4.78 is 1.12. The van der Waals surface area contributed by atoms with Gasteiger partial charge in [0.15, 0.2) is 0 Å². The van der Waals surface area contributed by atoms with Gasteiger partial charge >= 0.3 is 0 Å². The fourth-order valence-corrected chi connectivity index (χ4v) is 7.46. The third kappa shape index (κ3) is 55.5. The molecule has 350 valence electrons. The number of rotatable bonds is 37. The van der Waals surface area contributed by atoms with Crippen LogP contribution < -0.4 is 0 Å². The van der Waals surface area contributed by atoms with Crippen molar-refractivity contribution in [3.63, 3.8) is 0 Å². The van der Waals surface area contributed by atoms with Gasteiger partial charge in [0.1, 0.15) is 0 Å². The van der Waals surface area contributed by atoms with Crippen LogP contribution in [0.2, 0.25) is 0 Å². The maximum absolute atomic E-state index is 4.35. The molecule has 59 heavy (non-hydrogen) atoms. The van der Waals surface area contributed by atoms with Crippen LogP contribution in [0.25, 0.3) is 0 Å². The molecule has 0 N–H and O–H groups in total. The Morgan fingerprint density at radius 2 is 0.576 bits per heavy atom. The van der Waals surface area contributed by atoms with Crippen LogP contribution in [0.3, 0.4) is 0 Å². The summed E-state index contributed by atoms with van der Waals surface area (Å²) in [4.78, 5) is 8.71. The van der Waals surface area contributed by atoms with E-state index in [1.807, 2.05) is 24.5 Å². The quantitative estimate of drug-likeness (QED) is 0.0498. The first-order chi connectivity index (χ1) is 27.4. The van der Waals surface area contributed by atoms with Crippen LogP contribution in [0.15, 0.2) is 48.8 Å². The van der Waals surface area contributed by atoms with Gasteiger partial charge in [-0.2, -0.15) is 0 Å². The molecule has 0 atom stereocenters. The Bertz CT molecular complexity index is 930. The summed E-state index contributed by atoms with van der Waals surface area (Å²) in [7, 11) is 6.88. The van der Waals surface area contributed by atoms with Gasteiger partial charge < -0.3 is 4.48 Å². The summed E-state index contributed by atoms with van der Waals surface area (Å²) in [5.74, 6) is 0. The molecule has 6 heteroatoms. The Kier molecular flexibility index (Phi) is 59.2. The van der Waals surface area contributed by atoms with Crippen molar-refractivity contribution in [3.8, 4) is 0 Å². The second-order valence-corrected chi connectivity index (χ2v) is 18.1. The Balaban J connectivity index is -0.000000375. The van der Waals surface area contributed by atoms with Gasteiger partial charge in [-0.25, -0.2) is 0 Å². The minimum absolute atomic E-state index is 0. The zero-order valence-electron chi connectivity index (χ0n) is 40.3. The SMILES string of the molecule is Br.Br.CCCCCCCCCCCCCCCC[N+](C)(C)C.CCCCCCCCCCCCc1ccccn1.CCCCCCCCCCCCc1ccccn1.Cl. The molecule has 2 rings (SSSR count). The largest absolute Gasteiger partial charge is 0.331 e. The van der Waals surface area contributed by atoms with Crippen LogP contribution in [0.5, 0.6) is 0 Å². The van der Waals surface area contributed by atoms with E-state index in [2.05, 4.69) is 76.1 Å². The zero-order valence-corrected chi connectivity index (χ0v) is 44.6. The summed E-state index contributed by atoms with van der Waals surface area (Å²) in [5.41, 5.74) is 2.49. The van der Waals surface area contributed by atoms with Crippen LogP contribution in [0.1, 0.15) is 250 Å². The maximum atomic E-state index is 4.35. The molecule has 0 aliphatic carbocycles. The highest BCUT2D eigenvalue weighted by Crippen LogP contribution is 2.15. The van der Waals surface area contributed by atoms with Crippen molar-refractivity contribution in [1.29, 1.82) is 0 Å². The van der Waals surface area contributed by atoms with E-state index in [9.17, 15) is 0 Å². The first-order valence-corrected chi connectivity index (χ1v) is 25.0. The molecule has 2 aromatic rings. The van der Waals surface area contributed by atoms with Crippen molar-refractivity contribution in [2.45, 2.75) is 252 Å². The van der Waals surface area contributed by atoms with Crippen LogP contribution in [0.4, 0.5) is 0 Å². The van der Waals surface area contributed by atoms with Gasteiger partial charge in [-0.3, -0.25) is 9.97 Å². The lowest BCUT2D eigenvalue weighted by molar-refractivity contribution is -0.870. The van der Waals surface area contributed by atoms with Crippen LogP contribution in [0, 0.1) is 0 Å². The van der Waals surface area contributed by atoms with Crippen molar-refractivity contribution in [2.24, 2.45) is 0 Å². The summed E-state index contributed by atoms with van der Waals surface area (Å²) in [5, 5.41) is 0. The minimum atomic E-state index is 0. The third-order valence-corrected chi connectivity index (χ3v) is 11.2. The Labute approximate surface area is 398 Å². The van der Waals surface area contributed by atoms with E-state index in [1.165, 1.54) is 236 Å². The topological polar surface area (TPSA) is 25.8 Å². The van der Waals surface area contributed by atoms with Gasteiger partial charge in [-0.05, 0) is 62.8 Å². The van der Waals surface area contributed by atoms with E-state index in [-0.39, 0.29) is 46.4 Å². The summed E-state index contributed by atoms with van der Waals surface area (Å²) >= 11 is 0. The van der Waals surface area contributed by atoms with Crippen LogP contribution >= 0.6 is 46.4 Å². The molecule has 0 saturated carbocycles. The number of halogens is 3. The minimum Gasteiger partial charge on any atom is -0.331 e. The monoisotopic (exact) mass is 975 g/mol. The van der Waals surface area contributed by atoms with Gasteiger partial charge in [0.25, 0.3) is 0 Å². The average Bonchev–Trinajstić information content (AvgIpc) is 3.20. The first kappa shape index (κ1) is 65.1. The normalized spacial score (nSPS) is 10.6. The highest BCUT2D eigenvalue weighted by atomic mass is 79.9. The van der Waals surface area contributed by atoms with Gasteiger partial charge in [0.05, 0.1) is 27.7 Å². The number of pyridine rings is 2. The van der Waals surface area contributed by atoms with Crippen LogP contribution in [-0.2, 0) is 12.8 Å². The molecule has 2 aromatic heterocycles. The molecule has 2 heterocycles. The fraction of sp³-hybridized carbons (Fsp3) is 0.811.